The molecule has 3 nitrogen and oxygen atoms in total. The van der Waals surface area contributed by atoms with Crippen molar-refractivity contribution in [2.75, 3.05) is 5.73 Å². The molecule has 0 aliphatic rings. The maximum atomic E-state index is 5.75. The maximum absolute atomic E-state index is 5.75. The van der Waals surface area contributed by atoms with Crippen molar-refractivity contribution in [1.82, 2.24) is 4.98 Å². The number of nitrogens with two attached hydrogens (primary N) is 2. The molecule has 2 rings (SSSR count). The van der Waals surface area contributed by atoms with Crippen LogP contribution in [0.1, 0.15) is 18.7 Å². The average molecular weight is 187 g/mol. The number of fused-ring (bicyclic) bond motifs is 1. The number of pyridine rings is 1. The Bertz CT molecular complexity index is 463. The highest BCUT2D eigenvalue weighted by Gasteiger charge is 2.02. The van der Waals surface area contributed by atoms with Gasteiger partial charge in [-0.3, -0.25) is 4.98 Å². The minimum atomic E-state index is -0.0306. The zero-order valence-corrected chi connectivity index (χ0v) is 8.07. The Morgan fingerprint density at radius 1 is 1.21 bits per heavy atom. The fourth-order valence-electron chi connectivity index (χ4n) is 1.41. The summed E-state index contributed by atoms with van der Waals surface area (Å²) in [5.74, 6) is 0. The Kier molecular flexibility index (Phi) is 2.09. The van der Waals surface area contributed by atoms with E-state index < -0.39 is 0 Å². The van der Waals surface area contributed by atoms with Gasteiger partial charge in [0, 0.05) is 17.1 Å². The molecule has 1 aromatic heterocycles. The first-order chi connectivity index (χ1) is 6.66. The first-order valence-electron chi connectivity index (χ1n) is 4.58. The number of anilines is 1. The molecule has 72 valence electrons. The zero-order valence-electron chi connectivity index (χ0n) is 8.07. The summed E-state index contributed by atoms with van der Waals surface area (Å²) in [6, 6.07) is 9.57. The molecule has 0 amide bonds. The van der Waals surface area contributed by atoms with Crippen LogP contribution in [-0.2, 0) is 0 Å². The SMILES string of the molecule is C[C@@H](N)c1ccc2cc(N)ccc2n1. The Morgan fingerprint density at radius 2 is 2.00 bits per heavy atom. The Hall–Kier alpha value is -1.61. The van der Waals surface area contributed by atoms with Crippen molar-refractivity contribution in [3.05, 3.63) is 36.0 Å². The average Bonchev–Trinajstić information content (AvgIpc) is 2.16. The molecule has 0 saturated carbocycles. The van der Waals surface area contributed by atoms with Crippen LogP contribution in [0.5, 0.6) is 0 Å². The minimum Gasteiger partial charge on any atom is -0.399 e. The molecular formula is C11H13N3. The second kappa shape index (κ2) is 3.27. The molecule has 4 N–H and O–H groups in total. The summed E-state index contributed by atoms with van der Waals surface area (Å²) in [6.07, 6.45) is 0. The number of hydrogen-bond acceptors (Lipinski definition) is 3. The number of hydrogen-bond donors (Lipinski definition) is 2. The molecule has 0 radical (unpaired) electrons. The molecule has 14 heavy (non-hydrogen) atoms. The van der Waals surface area contributed by atoms with Gasteiger partial charge in [0.15, 0.2) is 0 Å². The molecule has 1 heterocycles. The third kappa shape index (κ3) is 1.54. The highest BCUT2D eigenvalue weighted by Crippen LogP contribution is 2.17. The third-order valence-electron chi connectivity index (χ3n) is 2.20. The maximum Gasteiger partial charge on any atom is 0.0707 e. The lowest BCUT2D eigenvalue weighted by Crippen LogP contribution is -2.06. The van der Waals surface area contributed by atoms with E-state index in [1.54, 1.807) is 0 Å². The predicted molar refractivity (Wildman–Crippen MR) is 58.8 cm³/mol. The number of benzene rings is 1. The number of rotatable bonds is 1. The third-order valence-corrected chi connectivity index (χ3v) is 2.20. The van der Waals surface area contributed by atoms with Crippen LogP contribution in [0.3, 0.4) is 0 Å². The van der Waals surface area contributed by atoms with Crippen LogP contribution in [0, 0.1) is 0 Å². The largest absolute Gasteiger partial charge is 0.399 e. The molecule has 2 aromatic rings. The first kappa shape index (κ1) is 8.97. The molecule has 1 aromatic carbocycles. The van der Waals surface area contributed by atoms with E-state index in [1.807, 2.05) is 37.3 Å². The van der Waals surface area contributed by atoms with E-state index in [1.165, 1.54) is 0 Å². The van der Waals surface area contributed by atoms with Crippen LogP contribution >= 0.6 is 0 Å². The molecule has 0 aliphatic heterocycles. The molecule has 0 saturated heterocycles. The lowest BCUT2D eigenvalue weighted by molar-refractivity contribution is 0.787. The van der Waals surface area contributed by atoms with E-state index in [9.17, 15) is 0 Å². The van der Waals surface area contributed by atoms with Crippen LogP contribution in [0.4, 0.5) is 5.69 Å². The van der Waals surface area contributed by atoms with E-state index in [-0.39, 0.29) is 6.04 Å². The van der Waals surface area contributed by atoms with Crippen molar-refractivity contribution in [2.24, 2.45) is 5.73 Å². The van der Waals surface area contributed by atoms with Crippen LogP contribution in [0.15, 0.2) is 30.3 Å². The van der Waals surface area contributed by atoms with Crippen LogP contribution in [0.25, 0.3) is 10.9 Å². The highest BCUT2D eigenvalue weighted by molar-refractivity contribution is 5.81. The van der Waals surface area contributed by atoms with Crippen LogP contribution in [0.2, 0.25) is 0 Å². The van der Waals surface area contributed by atoms with Gasteiger partial charge in [-0.1, -0.05) is 6.07 Å². The number of nitrogen functional groups attached to an aromatic ring is 1. The van der Waals surface area contributed by atoms with Gasteiger partial charge in [0.2, 0.25) is 0 Å². The smallest absolute Gasteiger partial charge is 0.0707 e. The normalized spacial score (nSPS) is 13.0. The summed E-state index contributed by atoms with van der Waals surface area (Å²) >= 11 is 0. The van der Waals surface area contributed by atoms with Gasteiger partial charge in [0.05, 0.1) is 11.2 Å². The standard InChI is InChI=1S/C11H13N3/c1-7(12)10-4-2-8-6-9(13)3-5-11(8)14-10/h2-7H,12-13H2,1H3/t7-/m1/s1. The Morgan fingerprint density at radius 3 is 2.71 bits per heavy atom. The number of nitrogens with zero attached hydrogens (tertiary/aromatic N) is 1. The quantitative estimate of drug-likeness (QED) is 0.669. The molecular weight excluding hydrogens is 174 g/mol. The van der Waals surface area contributed by atoms with Gasteiger partial charge in [0.25, 0.3) is 0 Å². The van der Waals surface area contributed by atoms with Crippen molar-refractivity contribution in [3.63, 3.8) is 0 Å². The van der Waals surface area contributed by atoms with E-state index >= 15 is 0 Å². The van der Waals surface area contributed by atoms with Crippen molar-refractivity contribution < 1.29 is 0 Å². The van der Waals surface area contributed by atoms with Crippen molar-refractivity contribution in [1.29, 1.82) is 0 Å². The summed E-state index contributed by atoms with van der Waals surface area (Å²) in [6.45, 7) is 1.92. The van der Waals surface area contributed by atoms with E-state index in [0.29, 0.717) is 0 Å². The fourth-order valence-corrected chi connectivity index (χ4v) is 1.41. The monoisotopic (exact) mass is 187 g/mol. The topological polar surface area (TPSA) is 64.9 Å². The van der Waals surface area contributed by atoms with Gasteiger partial charge in [-0.25, -0.2) is 0 Å². The van der Waals surface area contributed by atoms with Gasteiger partial charge in [-0.05, 0) is 31.2 Å². The molecule has 0 unspecified atom stereocenters. The molecule has 0 fully saturated rings. The molecule has 3 heteroatoms. The van der Waals surface area contributed by atoms with E-state index in [0.717, 1.165) is 22.3 Å². The Labute approximate surface area is 82.7 Å². The van der Waals surface area contributed by atoms with Gasteiger partial charge >= 0.3 is 0 Å². The van der Waals surface area contributed by atoms with E-state index in [4.69, 9.17) is 11.5 Å². The van der Waals surface area contributed by atoms with Gasteiger partial charge < -0.3 is 11.5 Å². The number of aromatic nitrogens is 1. The van der Waals surface area contributed by atoms with Crippen molar-refractivity contribution in [3.8, 4) is 0 Å². The second-order valence-corrected chi connectivity index (χ2v) is 3.48. The summed E-state index contributed by atoms with van der Waals surface area (Å²) in [5.41, 5.74) is 14.0. The van der Waals surface area contributed by atoms with Crippen molar-refractivity contribution in [2.45, 2.75) is 13.0 Å². The first-order valence-corrected chi connectivity index (χ1v) is 4.58. The lowest BCUT2D eigenvalue weighted by Gasteiger charge is -2.06. The minimum absolute atomic E-state index is 0.0306. The summed E-state index contributed by atoms with van der Waals surface area (Å²) < 4.78 is 0. The lowest BCUT2D eigenvalue weighted by atomic mass is 10.1. The van der Waals surface area contributed by atoms with E-state index in [2.05, 4.69) is 4.98 Å². The molecule has 1 atom stereocenters. The summed E-state index contributed by atoms with van der Waals surface area (Å²) in [7, 11) is 0. The van der Waals surface area contributed by atoms with Gasteiger partial charge in [0.1, 0.15) is 0 Å². The molecule has 0 bridgehead atoms. The summed E-state index contributed by atoms with van der Waals surface area (Å²) in [4.78, 5) is 4.44. The van der Waals surface area contributed by atoms with Crippen LogP contribution < -0.4 is 11.5 Å². The molecule has 0 spiro atoms. The fraction of sp³-hybridized carbons (Fsp3) is 0.182. The molecule has 0 aliphatic carbocycles. The Balaban J connectivity index is 2.62. The highest BCUT2D eigenvalue weighted by atomic mass is 14.8. The predicted octanol–water partition coefficient (Wildman–Crippen LogP) is 1.84. The zero-order chi connectivity index (χ0) is 10.1. The summed E-state index contributed by atoms with van der Waals surface area (Å²) in [5, 5.41) is 1.05. The van der Waals surface area contributed by atoms with Crippen molar-refractivity contribution >= 4 is 16.6 Å². The second-order valence-electron chi connectivity index (χ2n) is 3.48. The van der Waals surface area contributed by atoms with Gasteiger partial charge in [-0.15, -0.1) is 0 Å². The van der Waals surface area contributed by atoms with Crippen LogP contribution in [-0.4, -0.2) is 4.98 Å². The van der Waals surface area contributed by atoms with Gasteiger partial charge in [-0.2, -0.15) is 0 Å².